The van der Waals surface area contributed by atoms with E-state index in [1.165, 1.54) is 18.9 Å². The number of esters is 1. The van der Waals surface area contributed by atoms with E-state index in [4.69, 9.17) is 14.2 Å². The topological polar surface area (TPSA) is 57.7 Å². The summed E-state index contributed by atoms with van der Waals surface area (Å²) in [4.78, 5) is 17.3. The normalized spacial score (nSPS) is 10.9. The van der Waals surface area contributed by atoms with Gasteiger partial charge < -0.3 is 14.2 Å². The number of aromatic nitrogens is 1. The monoisotopic (exact) mass is 347 g/mol. The summed E-state index contributed by atoms with van der Waals surface area (Å²) < 4.78 is 15.3. The third kappa shape index (κ3) is 4.14. The first-order valence-corrected chi connectivity index (χ1v) is 8.21. The molecule has 2 rings (SSSR count). The van der Waals surface area contributed by atoms with E-state index in [1.54, 1.807) is 20.3 Å². The lowest BCUT2D eigenvalue weighted by atomic mass is 10.1. The summed E-state index contributed by atoms with van der Waals surface area (Å²) in [5, 5.41) is 0.868. The van der Waals surface area contributed by atoms with Gasteiger partial charge in [0.2, 0.25) is 0 Å². The average molecular weight is 347 g/mol. The highest BCUT2D eigenvalue weighted by molar-refractivity contribution is 7.99. The molecule has 0 bridgehead atoms. The largest absolute Gasteiger partial charge is 0.465 e. The SMILES string of the molecule is COC(=O)c1ccc(Sc2ccc(C(OC)OC)c(C)n2)cc1C. The van der Waals surface area contributed by atoms with Crippen LogP contribution in [0.25, 0.3) is 0 Å². The Bertz CT molecular complexity index is 729. The second-order valence-corrected chi connectivity index (χ2v) is 6.29. The standard InChI is InChI=1S/C18H21NO4S/c1-11-10-13(6-7-14(11)17(20)21-3)24-16-9-8-15(12(2)19-16)18(22-4)23-5/h6-10,18H,1-5H3. The quantitative estimate of drug-likeness (QED) is 0.583. The van der Waals surface area contributed by atoms with Crippen molar-refractivity contribution in [2.75, 3.05) is 21.3 Å². The highest BCUT2D eigenvalue weighted by Gasteiger charge is 2.14. The Morgan fingerprint density at radius 3 is 2.33 bits per heavy atom. The average Bonchev–Trinajstić information content (AvgIpc) is 2.57. The van der Waals surface area contributed by atoms with Crippen molar-refractivity contribution in [3.63, 3.8) is 0 Å². The molecule has 24 heavy (non-hydrogen) atoms. The van der Waals surface area contributed by atoms with E-state index in [0.29, 0.717) is 5.56 Å². The highest BCUT2D eigenvalue weighted by Crippen LogP contribution is 2.30. The molecule has 0 aliphatic rings. The van der Waals surface area contributed by atoms with Gasteiger partial charge >= 0.3 is 5.97 Å². The van der Waals surface area contributed by atoms with Gasteiger partial charge in [0.05, 0.1) is 12.7 Å². The fourth-order valence-electron chi connectivity index (χ4n) is 2.36. The van der Waals surface area contributed by atoms with E-state index in [-0.39, 0.29) is 5.97 Å². The van der Waals surface area contributed by atoms with Crippen molar-refractivity contribution in [1.82, 2.24) is 4.98 Å². The molecule has 0 unspecified atom stereocenters. The zero-order valence-electron chi connectivity index (χ0n) is 14.5. The smallest absolute Gasteiger partial charge is 0.338 e. The number of carbonyl (C=O) groups is 1. The molecule has 0 aliphatic carbocycles. The lowest BCUT2D eigenvalue weighted by molar-refractivity contribution is -0.106. The van der Waals surface area contributed by atoms with Crippen LogP contribution in [0.2, 0.25) is 0 Å². The van der Waals surface area contributed by atoms with Gasteiger partial charge in [0.25, 0.3) is 0 Å². The lowest BCUT2D eigenvalue weighted by Gasteiger charge is -2.16. The molecule has 1 heterocycles. The van der Waals surface area contributed by atoms with Crippen LogP contribution < -0.4 is 0 Å². The summed E-state index contributed by atoms with van der Waals surface area (Å²) >= 11 is 1.53. The molecule has 0 spiro atoms. The van der Waals surface area contributed by atoms with Crippen LogP contribution in [-0.2, 0) is 14.2 Å². The molecule has 0 fully saturated rings. The Hall–Kier alpha value is -1.89. The van der Waals surface area contributed by atoms with E-state index in [0.717, 1.165) is 26.7 Å². The molecule has 0 N–H and O–H groups in total. The van der Waals surface area contributed by atoms with Gasteiger partial charge in [0.15, 0.2) is 6.29 Å². The van der Waals surface area contributed by atoms with Crippen molar-refractivity contribution in [3.8, 4) is 0 Å². The number of ether oxygens (including phenoxy) is 3. The van der Waals surface area contributed by atoms with Gasteiger partial charge in [-0.1, -0.05) is 11.8 Å². The van der Waals surface area contributed by atoms with Crippen LogP contribution in [-0.4, -0.2) is 32.3 Å². The molecule has 5 nitrogen and oxygen atoms in total. The molecule has 2 aromatic rings. The maximum atomic E-state index is 11.6. The molecule has 0 saturated heterocycles. The first-order chi connectivity index (χ1) is 11.5. The Balaban J connectivity index is 2.21. The summed E-state index contributed by atoms with van der Waals surface area (Å²) in [6, 6.07) is 9.51. The predicted molar refractivity (Wildman–Crippen MR) is 92.4 cm³/mol. The van der Waals surface area contributed by atoms with E-state index >= 15 is 0 Å². The van der Waals surface area contributed by atoms with Crippen LogP contribution in [0.5, 0.6) is 0 Å². The maximum absolute atomic E-state index is 11.6. The van der Waals surface area contributed by atoms with Gasteiger partial charge in [-0.25, -0.2) is 9.78 Å². The second kappa shape index (κ2) is 8.28. The van der Waals surface area contributed by atoms with Gasteiger partial charge in [-0.3, -0.25) is 0 Å². The van der Waals surface area contributed by atoms with E-state index < -0.39 is 6.29 Å². The van der Waals surface area contributed by atoms with Crippen molar-refractivity contribution in [1.29, 1.82) is 0 Å². The molecule has 1 aromatic carbocycles. The van der Waals surface area contributed by atoms with Crippen LogP contribution in [0.3, 0.4) is 0 Å². The van der Waals surface area contributed by atoms with Gasteiger partial charge in [-0.05, 0) is 49.7 Å². The minimum Gasteiger partial charge on any atom is -0.465 e. The highest BCUT2D eigenvalue weighted by atomic mass is 32.2. The molecule has 0 saturated carbocycles. The molecule has 0 amide bonds. The lowest BCUT2D eigenvalue weighted by Crippen LogP contribution is -2.07. The number of aryl methyl sites for hydroxylation is 2. The number of rotatable bonds is 6. The number of hydrogen-bond acceptors (Lipinski definition) is 6. The fraction of sp³-hybridized carbons (Fsp3) is 0.333. The second-order valence-electron chi connectivity index (χ2n) is 5.20. The number of benzene rings is 1. The minimum atomic E-state index is -0.418. The van der Waals surface area contributed by atoms with Crippen LogP contribution in [0, 0.1) is 13.8 Å². The number of methoxy groups -OCH3 is 3. The minimum absolute atomic E-state index is 0.326. The van der Waals surface area contributed by atoms with Crippen molar-refractivity contribution in [2.24, 2.45) is 0 Å². The first kappa shape index (κ1) is 18.4. The van der Waals surface area contributed by atoms with Crippen LogP contribution in [0.1, 0.15) is 33.5 Å². The predicted octanol–water partition coefficient (Wildman–Crippen LogP) is 3.93. The van der Waals surface area contributed by atoms with Gasteiger partial charge in [-0.2, -0.15) is 0 Å². The summed E-state index contributed by atoms with van der Waals surface area (Å²) in [5.41, 5.74) is 3.21. The number of hydrogen-bond donors (Lipinski definition) is 0. The molecular formula is C18H21NO4S. The molecule has 6 heteroatoms. The first-order valence-electron chi connectivity index (χ1n) is 7.40. The van der Waals surface area contributed by atoms with Crippen LogP contribution in [0.15, 0.2) is 40.3 Å². The Kier molecular flexibility index (Phi) is 6.36. The van der Waals surface area contributed by atoms with Crippen molar-refractivity contribution >= 4 is 17.7 Å². The summed E-state index contributed by atoms with van der Waals surface area (Å²) in [5.74, 6) is -0.326. The summed E-state index contributed by atoms with van der Waals surface area (Å²) in [7, 11) is 4.58. The Labute approximate surface area is 146 Å². The molecule has 0 atom stereocenters. The van der Waals surface area contributed by atoms with E-state index in [2.05, 4.69) is 4.98 Å². The fourth-order valence-corrected chi connectivity index (χ4v) is 3.30. The van der Waals surface area contributed by atoms with E-state index in [1.807, 2.05) is 38.1 Å². The third-order valence-corrected chi connectivity index (χ3v) is 4.53. The molecule has 128 valence electrons. The molecular weight excluding hydrogens is 326 g/mol. The van der Waals surface area contributed by atoms with Crippen molar-refractivity contribution < 1.29 is 19.0 Å². The van der Waals surface area contributed by atoms with Crippen molar-refractivity contribution in [3.05, 3.63) is 52.7 Å². The number of carbonyl (C=O) groups excluding carboxylic acids is 1. The Morgan fingerprint density at radius 2 is 1.79 bits per heavy atom. The third-order valence-electron chi connectivity index (χ3n) is 3.61. The van der Waals surface area contributed by atoms with Gasteiger partial charge in [0.1, 0.15) is 5.03 Å². The van der Waals surface area contributed by atoms with Crippen molar-refractivity contribution in [2.45, 2.75) is 30.1 Å². The van der Waals surface area contributed by atoms with Gasteiger partial charge in [-0.15, -0.1) is 0 Å². The zero-order valence-corrected chi connectivity index (χ0v) is 15.3. The molecule has 0 aliphatic heterocycles. The molecule has 0 radical (unpaired) electrons. The summed E-state index contributed by atoms with van der Waals surface area (Å²) in [6.07, 6.45) is -0.418. The van der Waals surface area contributed by atoms with Gasteiger partial charge in [0, 0.05) is 30.4 Å². The van der Waals surface area contributed by atoms with Crippen LogP contribution in [0.4, 0.5) is 0 Å². The van der Waals surface area contributed by atoms with E-state index in [9.17, 15) is 4.79 Å². The maximum Gasteiger partial charge on any atom is 0.338 e. The number of nitrogens with zero attached hydrogens (tertiary/aromatic N) is 1. The van der Waals surface area contributed by atoms with Crippen LogP contribution >= 0.6 is 11.8 Å². The Morgan fingerprint density at radius 1 is 1.08 bits per heavy atom. The molecule has 1 aromatic heterocycles. The number of pyridine rings is 1. The summed E-state index contributed by atoms with van der Waals surface area (Å²) in [6.45, 7) is 3.82. The zero-order chi connectivity index (χ0) is 17.7.